The number of hydrogen-bond donors (Lipinski definition) is 3. The van der Waals surface area contributed by atoms with Gasteiger partial charge in [0, 0.05) is 29.2 Å². The van der Waals surface area contributed by atoms with Crippen LogP contribution in [0.1, 0.15) is 11.7 Å². The Balaban J connectivity index is 2.14. The molecule has 0 saturated heterocycles. The van der Waals surface area contributed by atoms with Crippen molar-refractivity contribution in [1.82, 2.24) is 4.98 Å². The summed E-state index contributed by atoms with van der Waals surface area (Å²) in [4.78, 5) is 3.17. The molecule has 1 atom stereocenters. The monoisotopic (exact) mass is 252 g/mol. The van der Waals surface area contributed by atoms with E-state index >= 15 is 0 Å². The van der Waals surface area contributed by atoms with E-state index in [2.05, 4.69) is 29.2 Å². The zero-order valence-electron chi connectivity index (χ0n) is 10.5. The first kappa shape index (κ1) is 12.0. The maximum absolute atomic E-state index is 9.93. The van der Waals surface area contributed by atoms with Gasteiger partial charge in [-0.1, -0.05) is 36.4 Å². The Kier molecular flexibility index (Phi) is 3.07. The van der Waals surface area contributed by atoms with E-state index in [9.17, 15) is 5.11 Å². The first-order chi connectivity index (χ1) is 9.29. The molecule has 0 aliphatic heterocycles. The van der Waals surface area contributed by atoms with Crippen LogP contribution in [-0.2, 0) is 0 Å². The number of fused-ring (bicyclic) bond motifs is 1. The smallest absolute Gasteiger partial charge is 0.0932 e. The van der Waals surface area contributed by atoms with Crippen LogP contribution in [0.5, 0.6) is 0 Å². The molecule has 3 rings (SSSR count). The molecule has 3 heteroatoms. The number of benzene rings is 2. The number of aromatic amines is 1. The molecule has 0 bridgehead atoms. The van der Waals surface area contributed by atoms with E-state index in [1.54, 1.807) is 0 Å². The van der Waals surface area contributed by atoms with Crippen LogP contribution in [0.4, 0.5) is 0 Å². The van der Waals surface area contributed by atoms with E-state index in [1.807, 2.05) is 30.5 Å². The lowest BCUT2D eigenvalue weighted by molar-refractivity contribution is 0.188. The molecular weight excluding hydrogens is 236 g/mol. The third kappa shape index (κ3) is 2.14. The zero-order valence-corrected chi connectivity index (χ0v) is 10.5. The van der Waals surface area contributed by atoms with Crippen molar-refractivity contribution >= 4 is 10.9 Å². The molecule has 4 N–H and O–H groups in total. The minimum atomic E-state index is -0.625. The molecule has 0 amide bonds. The number of aromatic nitrogens is 1. The third-order valence-electron chi connectivity index (χ3n) is 3.40. The van der Waals surface area contributed by atoms with E-state index in [-0.39, 0.29) is 6.54 Å². The molecule has 0 fully saturated rings. The van der Waals surface area contributed by atoms with Crippen molar-refractivity contribution in [2.24, 2.45) is 5.73 Å². The molecule has 1 aromatic heterocycles. The van der Waals surface area contributed by atoms with Crippen LogP contribution in [-0.4, -0.2) is 16.6 Å². The fraction of sp³-hybridized carbons (Fsp3) is 0.125. The average Bonchev–Trinajstić information content (AvgIpc) is 2.90. The maximum atomic E-state index is 9.93. The van der Waals surface area contributed by atoms with E-state index in [0.29, 0.717) is 0 Å². The average molecular weight is 252 g/mol. The highest BCUT2D eigenvalue weighted by molar-refractivity contribution is 5.88. The SMILES string of the molecule is NCC(O)c1c[nH]c2ccc(-c3ccccc3)cc12. The van der Waals surface area contributed by atoms with E-state index < -0.39 is 6.10 Å². The number of aliphatic hydroxyl groups is 1. The predicted molar refractivity (Wildman–Crippen MR) is 77.7 cm³/mol. The van der Waals surface area contributed by atoms with E-state index in [1.165, 1.54) is 5.56 Å². The number of rotatable bonds is 3. The van der Waals surface area contributed by atoms with Gasteiger partial charge in [-0.15, -0.1) is 0 Å². The Morgan fingerprint density at radius 3 is 2.58 bits per heavy atom. The molecule has 19 heavy (non-hydrogen) atoms. The number of aliphatic hydroxyl groups excluding tert-OH is 1. The minimum absolute atomic E-state index is 0.225. The van der Waals surface area contributed by atoms with Gasteiger partial charge in [-0.3, -0.25) is 0 Å². The quantitative estimate of drug-likeness (QED) is 0.671. The van der Waals surface area contributed by atoms with Gasteiger partial charge in [-0.2, -0.15) is 0 Å². The summed E-state index contributed by atoms with van der Waals surface area (Å²) < 4.78 is 0. The lowest BCUT2D eigenvalue weighted by Crippen LogP contribution is -2.10. The Morgan fingerprint density at radius 2 is 1.84 bits per heavy atom. The van der Waals surface area contributed by atoms with Gasteiger partial charge in [-0.25, -0.2) is 0 Å². The van der Waals surface area contributed by atoms with Crippen LogP contribution in [0.3, 0.4) is 0 Å². The molecular formula is C16H16N2O. The van der Waals surface area contributed by atoms with Gasteiger partial charge in [0.1, 0.15) is 0 Å². The first-order valence-corrected chi connectivity index (χ1v) is 6.34. The fourth-order valence-electron chi connectivity index (χ4n) is 2.36. The topological polar surface area (TPSA) is 62.0 Å². The highest BCUT2D eigenvalue weighted by Crippen LogP contribution is 2.28. The summed E-state index contributed by atoms with van der Waals surface area (Å²) in [5.41, 5.74) is 9.71. The Hall–Kier alpha value is -2.10. The van der Waals surface area contributed by atoms with E-state index in [4.69, 9.17) is 5.73 Å². The predicted octanol–water partition coefficient (Wildman–Crippen LogP) is 2.83. The highest BCUT2D eigenvalue weighted by atomic mass is 16.3. The van der Waals surface area contributed by atoms with Gasteiger partial charge in [0.05, 0.1) is 6.10 Å². The van der Waals surface area contributed by atoms with Crippen molar-refractivity contribution in [1.29, 1.82) is 0 Å². The molecule has 96 valence electrons. The van der Waals surface area contributed by atoms with Gasteiger partial charge in [0.25, 0.3) is 0 Å². The molecule has 0 saturated carbocycles. The second kappa shape index (κ2) is 4.88. The van der Waals surface area contributed by atoms with Gasteiger partial charge >= 0.3 is 0 Å². The zero-order chi connectivity index (χ0) is 13.2. The number of nitrogens with two attached hydrogens (primary N) is 1. The Labute approximate surface area is 111 Å². The van der Waals surface area contributed by atoms with Crippen LogP contribution >= 0.6 is 0 Å². The van der Waals surface area contributed by atoms with Crippen molar-refractivity contribution in [3.8, 4) is 11.1 Å². The number of nitrogens with one attached hydrogen (secondary N) is 1. The summed E-state index contributed by atoms with van der Waals surface area (Å²) in [5.74, 6) is 0. The summed E-state index contributed by atoms with van der Waals surface area (Å²) in [6, 6.07) is 16.4. The van der Waals surface area contributed by atoms with Crippen LogP contribution in [0, 0.1) is 0 Å². The summed E-state index contributed by atoms with van der Waals surface area (Å²) in [5, 5.41) is 11.0. The lowest BCUT2D eigenvalue weighted by atomic mass is 10.0. The molecule has 0 spiro atoms. The fourth-order valence-corrected chi connectivity index (χ4v) is 2.36. The highest BCUT2D eigenvalue weighted by Gasteiger charge is 2.12. The summed E-state index contributed by atoms with van der Waals surface area (Å²) in [6.07, 6.45) is 1.21. The molecule has 1 unspecified atom stereocenters. The Bertz CT molecular complexity index is 688. The normalized spacial score (nSPS) is 12.7. The molecule has 0 aliphatic rings. The van der Waals surface area contributed by atoms with E-state index in [0.717, 1.165) is 22.0 Å². The second-order valence-corrected chi connectivity index (χ2v) is 4.62. The number of H-pyrrole nitrogens is 1. The van der Waals surface area contributed by atoms with Gasteiger partial charge in [0.15, 0.2) is 0 Å². The summed E-state index contributed by atoms with van der Waals surface area (Å²) in [7, 11) is 0. The second-order valence-electron chi connectivity index (χ2n) is 4.62. The minimum Gasteiger partial charge on any atom is -0.387 e. The molecule has 2 aromatic carbocycles. The molecule has 3 aromatic rings. The van der Waals surface area contributed by atoms with Crippen LogP contribution in [0.25, 0.3) is 22.0 Å². The molecule has 1 heterocycles. The Morgan fingerprint density at radius 1 is 1.05 bits per heavy atom. The van der Waals surface area contributed by atoms with Crippen molar-refractivity contribution in [3.63, 3.8) is 0 Å². The van der Waals surface area contributed by atoms with Crippen LogP contribution in [0.15, 0.2) is 54.7 Å². The largest absolute Gasteiger partial charge is 0.387 e. The van der Waals surface area contributed by atoms with Crippen molar-refractivity contribution < 1.29 is 5.11 Å². The lowest BCUT2D eigenvalue weighted by Gasteiger charge is -2.07. The molecule has 0 aliphatic carbocycles. The van der Waals surface area contributed by atoms with Crippen LogP contribution in [0.2, 0.25) is 0 Å². The van der Waals surface area contributed by atoms with Crippen molar-refractivity contribution in [2.75, 3.05) is 6.54 Å². The molecule has 0 radical (unpaired) electrons. The summed E-state index contributed by atoms with van der Waals surface area (Å²) >= 11 is 0. The standard InChI is InChI=1S/C16H16N2O/c17-9-16(19)14-10-18-15-7-6-12(8-13(14)15)11-4-2-1-3-5-11/h1-8,10,16,18-19H,9,17H2. The van der Waals surface area contributed by atoms with Crippen molar-refractivity contribution in [2.45, 2.75) is 6.10 Å². The molecule has 3 nitrogen and oxygen atoms in total. The van der Waals surface area contributed by atoms with Gasteiger partial charge < -0.3 is 15.8 Å². The number of hydrogen-bond acceptors (Lipinski definition) is 2. The first-order valence-electron chi connectivity index (χ1n) is 6.34. The summed E-state index contributed by atoms with van der Waals surface area (Å²) in [6.45, 7) is 0.225. The van der Waals surface area contributed by atoms with Gasteiger partial charge in [-0.05, 0) is 23.3 Å². The third-order valence-corrected chi connectivity index (χ3v) is 3.40. The van der Waals surface area contributed by atoms with Crippen LogP contribution < -0.4 is 5.73 Å². The van der Waals surface area contributed by atoms with Gasteiger partial charge in [0.2, 0.25) is 0 Å². The van der Waals surface area contributed by atoms with Crippen molar-refractivity contribution in [3.05, 3.63) is 60.3 Å². The maximum Gasteiger partial charge on any atom is 0.0932 e.